The zero-order valence-electron chi connectivity index (χ0n) is 9.45. The van der Waals surface area contributed by atoms with Gasteiger partial charge in [-0.25, -0.2) is 9.97 Å². The molecule has 1 unspecified atom stereocenters. The number of H-pyrrole nitrogens is 1. The highest BCUT2D eigenvalue weighted by Gasteiger charge is 2.34. The van der Waals surface area contributed by atoms with Crippen LogP contribution in [-0.2, 0) is 4.74 Å². The van der Waals surface area contributed by atoms with E-state index in [9.17, 15) is 5.11 Å². The molecule has 0 bridgehead atoms. The van der Waals surface area contributed by atoms with Gasteiger partial charge >= 0.3 is 0 Å². The van der Waals surface area contributed by atoms with Crippen molar-refractivity contribution in [3.8, 4) is 0 Å². The van der Waals surface area contributed by atoms with E-state index in [4.69, 9.17) is 15.3 Å². The van der Waals surface area contributed by atoms with Crippen molar-refractivity contribution in [2.75, 3.05) is 6.61 Å². The first-order valence-corrected chi connectivity index (χ1v) is 5.60. The normalized spacial score (nSPS) is 28.0. The summed E-state index contributed by atoms with van der Waals surface area (Å²) in [6, 6.07) is 0. The van der Waals surface area contributed by atoms with Crippen molar-refractivity contribution >= 4 is 11.2 Å². The van der Waals surface area contributed by atoms with Gasteiger partial charge in [0.05, 0.1) is 19.0 Å². The Labute approximate surface area is 101 Å². The molecular formula is C10H13N5O3. The molecule has 0 amide bonds. The van der Waals surface area contributed by atoms with Crippen molar-refractivity contribution in [1.29, 1.82) is 5.41 Å². The van der Waals surface area contributed by atoms with E-state index in [-0.39, 0.29) is 12.1 Å². The van der Waals surface area contributed by atoms with Crippen LogP contribution >= 0.6 is 0 Å². The fourth-order valence-electron chi connectivity index (χ4n) is 2.13. The number of ether oxygens (including phenoxy) is 1. The van der Waals surface area contributed by atoms with Gasteiger partial charge in [-0.05, 0) is 0 Å². The summed E-state index contributed by atoms with van der Waals surface area (Å²) in [4.78, 5) is 10.9. The quantitative estimate of drug-likeness (QED) is 0.539. The SMILES string of the molecule is N=c1c2[nH]cnc2ncn1C1C[C@H](O)[C@@H](CO)O1. The first-order valence-electron chi connectivity index (χ1n) is 5.60. The van der Waals surface area contributed by atoms with Crippen LogP contribution in [0.1, 0.15) is 12.6 Å². The van der Waals surface area contributed by atoms with Gasteiger partial charge in [0, 0.05) is 6.42 Å². The summed E-state index contributed by atoms with van der Waals surface area (Å²) in [6.07, 6.45) is 1.42. The second kappa shape index (κ2) is 4.16. The maximum Gasteiger partial charge on any atom is 0.182 e. The Morgan fingerprint density at radius 2 is 2.39 bits per heavy atom. The molecule has 3 rings (SSSR count). The molecule has 2 aromatic rings. The fraction of sp³-hybridized carbons (Fsp3) is 0.500. The van der Waals surface area contributed by atoms with Gasteiger partial charge in [-0.15, -0.1) is 0 Å². The van der Waals surface area contributed by atoms with Crippen molar-refractivity contribution in [3.63, 3.8) is 0 Å². The first-order chi connectivity index (χ1) is 8.70. The van der Waals surface area contributed by atoms with Crippen LogP contribution in [0.3, 0.4) is 0 Å². The number of hydrogen-bond acceptors (Lipinski definition) is 6. The minimum Gasteiger partial charge on any atom is -0.394 e. The number of aromatic nitrogens is 4. The first kappa shape index (κ1) is 11.3. The molecule has 0 spiro atoms. The van der Waals surface area contributed by atoms with E-state index in [1.807, 2.05) is 0 Å². The Morgan fingerprint density at radius 1 is 1.56 bits per heavy atom. The molecule has 4 N–H and O–H groups in total. The highest BCUT2D eigenvalue weighted by Crippen LogP contribution is 2.27. The third-order valence-electron chi connectivity index (χ3n) is 3.11. The number of aliphatic hydroxyl groups excluding tert-OH is 2. The van der Waals surface area contributed by atoms with E-state index in [1.54, 1.807) is 0 Å². The van der Waals surface area contributed by atoms with Crippen molar-refractivity contribution in [2.45, 2.75) is 24.9 Å². The average Bonchev–Trinajstić information content (AvgIpc) is 2.96. The van der Waals surface area contributed by atoms with Gasteiger partial charge in [0.1, 0.15) is 24.2 Å². The van der Waals surface area contributed by atoms with Crippen molar-refractivity contribution < 1.29 is 14.9 Å². The number of nitrogens with one attached hydrogen (secondary N) is 2. The Bertz CT molecular complexity index is 621. The molecule has 3 atom stereocenters. The Balaban J connectivity index is 2.00. The molecule has 1 fully saturated rings. The fourth-order valence-corrected chi connectivity index (χ4v) is 2.13. The number of imidazole rings is 1. The maximum absolute atomic E-state index is 9.68. The molecule has 8 nitrogen and oxygen atoms in total. The van der Waals surface area contributed by atoms with Crippen LogP contribution in [0.15, 0.2) is 12.7 Å². The molecule has 2 aromatic heterocycles. The molecule has 0 aromatic carbocycles. The second-order valence-electron chi connectivity index (χ2n) is 4.22. The molecule has 0 aliphatic carbocycles. The number of aliphatic hydroxyl groups is 2. The molecule has 8 heteroatoms. The highest BCUT2D eigenvalue weighted by atomic mass is 16.5. The molecular weight excluding hydrogens is 238 g/mol. The lowest BCUT2D eigenvalue weighted by atomic mass is 10.2. The summed E-state index contributed by atoms with van der Waals surface area (Å²) < 4.78 is 7.00. The van der Waals surface area contributed by atoms with Gasteiger partial charge in [-0.1, -0.05) is 0 Å². The van der Waals surface area contributed by atoms with Crippen molar-refractivity contribution in [2.24, 2.45) is 0 Å². The van der Waals surface area contributed by atoms with Crippen LogP contribution in [0, 0.1) is 5.41 Å². The molecule has 1 aliphatic rings. The van der Waals surface area contributed by atoms with Crippen LogP contribution in [-0.4, -0.2) is 48.5 Å². The molecule has 3 heterocycles. The summed E-state index contributed by atoms with van der Waals surface area (Å²) in [5, 5.41) is 26.8. The van der Waals surface area contributed by atoms with Gasteiger partial charge in [-0.3, -0.25) is 9.98 Å². The van der Waals surface area contributed by atoms with Crippen molar-refractivity contribution in [1.82, 2.24) is 19.5 Å². The topological polar surface area (TPSA) is 120 Å². The van der Waals surface area contributed by atoms with Crippen LogP contribution in [0.2, 0.25) is 0 Å². The lowest BCUT2D eigenvalue weighted by Gasteiger charge is -2.15. The van der Waals surface area contributed by atoms with Gasteiger partial charge in [0.15, 0.2) is 11.1 Å². The van der Waals surface area contributed by atoms with Crippen LogP contribution in [0.5, 0.6) is 0 Å². The third kappa shape index (κ3) is 1.62. The molecule has 18 heavy (non-hydrogen) atoms. The predicted molar refractivity (Wildman–Crippen MR) is 59.4 cm³/mol. The van der Waals surface area contributed by atoms with E-state index in [1.165, 1.54) is 17.2 Å². The summed E-state index contributed by atoms with van der Waals surface area (Å²) in [5.41, 5.74) is 1.17. The second-order valence-corrected chi connectivity index (χ2v) is 4.22. The summed E-state index contributed by atoms with van der Waals surface area (Å²) in [7, 11) is 0. The number of rotatable bonds is 2. The minimum absolute atomic E-state index is 0.188. The molecule has 1 aliphatic heterocycles. The summed E-state index contributed by atoms with van der Waals surface area (Å²) >= 11 is 0. The lowest BCUT2D eigenvalue weighted by molar-refractivity contribution is -0.0460. The molecule has 0 radical (unpaired) electrons. The number of nitrogens with zero attached hydrogens (tertiary/aromatic N) is 3. The summed E-state index contributed by atoms with van der Waals surface area (Å²) in [5.74, 6) is 0. The molecule has 1 saturated heterocycles. The van der Waals surface area contributed by atoms with Crippen LogP contribution in [0.25, 0.3) is 11.2 Å². The predicted octanol–water partition coefficient (Wildman–Crippen LogP) is -1.12. The zero-order chi connectivity index (χ0) is 12.7. The third-order valence-corrected chi connectivity index (χ3v) is 3.11. The monoisotopic (exact) mass is 251 g/mol. The van der Waals surface area contributed by atoms with E-state index in [0.29, 0.717) is 17.6 Å². The number of fused-ring (bicyclic) bond motifs is 1. The largest absolute Gasteiger partial charge is 0.394 e. The van der Waals surface area contributed by atoms with Gasteiger partial charge in [-0.2, -0.15) is 0 Å². The molecule has 96 valence electrons. The standard InChI is InChI=1S/C10H13N5O3/c11-9-8-10(13-3-12-8)14-4-15(9)7-1-5(17)6(2-16)18-7/h3-7,11,16-17H,1-2H2,(H,12,13)/t5-,6+,7?/m0/s1. The smallest absolute Gasteiger partial charge is 0.182 e. The highest BCUT2D eigenvalue weighted by molar-refractivity contribution is 5.67. The van der Waals surface area contributed by atoms with E-state index < -0.39 is 18.4 Å². The van der Waals surface area contributed by atoms with E-state index in [2.05, 4.69) is 15.0 Å². The Hall–Kier alpha value is -1.77. The number of hydrogen-bond donors (Lipinski definition) is 4. The van der Waals surface area contributed by atoms with Gasteiger partial charge < -0.3 is 19.9 Å². The maximum atomic E-state index is 9.68. The van der Waals surface area contributed by atoms with Crippen molar-refractivity contribution in [3.05, 3.63) is 18.1 Å². The Kier molecular flexibility index (Phi) is 2.62. The molecule has 0 saturated carbocycles. The minimum atomic E-state index is -0.732. The van der Waals surface area contributed by atoms with Crippen LogP contribution in [0.4, 0.5) is 0 Å². The summed E-state index contributed by atoms with van der Waals surface area (Å²) in [6.45, 7) is -0.245. The van der Waals surface area contributed by atoms with Gasteiger partial charge in [0.25, 0.3) is 0 Å². The Morgan fingerprint density at radius 3 is 3.11 bits per heavy atom. The van der Waals surface area contributed by atoms with E-state index >= 15 is 0 Å². The average molecular weight is 251 g/mol. The number of aromatic amines is 1. The van der Waals surface area contributed by atoms with Gasteiger partial charge in [0.2, 0.25) is 0 Å². The zero-order valence-corrected chi connectivity index (χ0v) is 9.45. The van der Waals surface area contributed by atoms with Crippen LogP contribution < -0.4 is 5.49 Å². The van der Waals surface area contributed by atoms with E-state index in [0.717, 1.165) is 0 Å². The lowest BCUT2D eigenvalue weighted by Crippen LogP contribution is -2.26.